The lowest BCUT2D eigenvalue weighted by molar-refractivity contribution is 0.282. The zero-order valence-electron chi connectivity index (χ0n) is 18.2. The molecular formula is C25H25FN4O2. The molecule has 0 amide bonds. The highest BCUT2D eigenvalue weighted by molar-refractivity contribution is 5.87. The molecular weight excluding hydrogens is 407 g/mol. The van der Waals surface area contributed by atoms with Crippen molar-refractivity contribution >= 4 is 16.4 Å². The highest BCUT2D eigenvalue weighted by Gasteiger charge is 2.46. The fourth-order valence-electron chi connectivity index (χ4n) is 5.34. The minimum atomic E-state index is -0.584. The Morgan fingerprint density at radius 2 is 1.97 bits per heavy atom. The highest BCUT2D eigenvalue weighted by Crippen LogP contribution is 2.45. The van der Waals surface area contributed by atoms with Gasteiger partial charge in [0, 0.05) is 47.0 Å². The Bertz CT molecular complexity index is 1520. The first kappa shape index (κ1) is 19.5. The van der Waals surface area contributed by atoms with Crippen molar-refractivity contribution in [3.05, 3.63) is 74.4 Å². The van der Waals surface area contributed by atoms with Gasteiger partial charge in [-0.15, -0.1) is 0 Å². The standard InChI is InChI=1S/C25H25FN4O2/c1-14-12-29-13-19(22(31)15(2)23(29)28-14)17-9-16-4-8-30(24(32)21(16)20(26)10-17)18-3-7-27-25(11-18)5-6-25/h4,8-10,12-13,18,27-28H,3,5-7,11H2,1-2H3. The first-order valence-electron chi connectivity index (χ1n) is 11.2. The second-order valence-electron chi connectivity index (χ2n) is 9.49. The number of piperidine rings is 1. The summed E-state index contributed by atoms with van der Waals surface area (Å²) >= 11 is 0. The molecule has 0 radical (unpaired) electrons. The third-order valence-corrected chi connectivity index (χ3v) is 7.26. The van der Waals surface area contributed by atoms with E-state index in [9.17, 15) is 9.59 Å². The van der Waals surface area contributed by atoms with Gasteiger partial charge in [-0.1, -0.05) is 0 Å². The molecule has 6 nitrogen and oxygen atoms in total. The predicted molar refractivity (Wildman–Crippen MR) is 123 cm³/mol. The van der Waals surface area contributed by atoms with Crippen LogP contribution in [0.4, 0.5) is 4.39 Å². The van der Waals surface area contributed by atoms with Crippen LogP contribution in [0.25, 0.3) is 27.5 Å². The third kappa shape index (κ3) is 2.88. The number of nitrogens with one attached hydrogen (secondary N) is 2. The molecule has 164 valence electrons. The third-order valence-electron chi connectivity index (χ3n) is 7.26. The number of H-pyrrole nitrogens is 1. The van der Waals surface area contributed by atoms with Crippen LogP contribution in [0.15, 0.2) is 46.4 Å². The second-order valence-corrected chi connectivity index (χ2v) is 9.49. The summed E-state index contributed by atoms with van der Waals surface area (Å²) in [6, 6.07) is 4.95. The van der Waals surface area contributed by atoms with Gasteiger partial charge in [0.1, 0.15) is 11.5 Å². The van der Waals surface area contributed by atoms with Crippen molar-refractivity contribution < 1.29 is 4.39 Å². The van der Waals surface area contributed by atoms with Crippen LogP contribution >= 0.6 is 0 Å². The number of imidazole rings is 1. The highest BCUT2D eigenvalue weighted by atomic mass is 19.1. The molecule has 2 N–H and O–H groups in total. The van der Waals surface area contributed by atoms with Gasteiger partial charge in [0.05, 0.1) is 5.39 Å². The fraction of sp³-hybridized carbons (Fsp3) is 0.360. The van der Waals surface area contributed by atoms with Crippen LogP contribution < -0.4 is 16.3 Å². The maximum Gasteiger partial charge on any atom is 0.261 e. The molecule has 1 atom stereocenters. The van der Waals surface area contributed by atoms with Crippen molar-refractivity contribution in [2.45, 2.75) is 51.1 Å². The van der Waals surface area contributed by atoms with Crippen LogP contribution in [0, 0.1) is 19.7 Å². The zero-order chi connectivity index (χ0) is 22.2. The van der Waals surface area contributed by atoms with Crippen molar-refractivity contribution in [3.8, 4) is 11.1 Å². The van der Waals surface area contributed by atoms with Crippen LogP contribution in [0.1, 0.15) is 43.0 Å². The number of hydrogen-bond donors (Lipinski definition) is 2. The maximum absolute atomic E-state index is 15.3. The number of fused-ring (bicyclic) bond motifs is 2. The summed E-state index contributed by atoms with van der Waals surface area (Å²) in [7, 11) is 0. The van der Waals surface area contributed by atoms with Crippen molar-refractivity contribution in [1.29, 1.82) is 0 Å². The van der Waals surface area contributed by atoms with Crippen LogP contribution in [0.3, 0.4) is 0 Å². The molecule has 1 spiro atoms. The van der Waals surface area contributed by atoms with E-state index in [0.29, 0.717) is 22.1 Å². The number of rotatable bonds is 2. The van der Waals surface area contributed by atoms with Gasteiger partial charge in [0.2, 0.25) is 0 Å². The summed E-state index contributed by atoms with van der Waals surface area (Å²) in [4.78, 5) is 29.4. The number of hydrogen-bond acceptors (Lipinski definition) is 3. The maximum atomic E-state index is 15.3. The summed E-state index contributed by atoms with van der Waals surface area (Å²) in [5.74, 6) is -0.584. The summed E-state index contributed by atoms with van der Waals surface area (Å²) in [5.41, 5.74) is 2.87. The Morgan fingerprint density at radius 1 is 1.16 bits per heavy atom. The number of pyridine rings is 2. The van der Waals surface area contributed by atoms with Crippen LogP contribution in [0.2, 0.25) is 0 Å². The van der Waals surface area contributed by atoms with Gasteiger partial charge in [-0.05, 0) is 75.2 Å². The van der Waals surface area contributed by atoms with E-state index in [-0.39, 0.29) is 28.0 Å². The Labute approximate surface area is 183 Å². The summed E-state index contributed by atoms with van der Waals surface area (Å²) in [6.45, 7) is 4.56. The number of aryl methyl sites for hydroxylation is 2. The topological polar surface area (TPSA) is 71.3 Å². The zero-order valence-corrected chi connectivity index (χ0v) is 18.2. The quantitative estimate of drug-likeness (QED) is 0.506. The minimum absolute atomic E-state index is 0.0845. The Balaban J connectivity index is 1.49. The van der Waals surface area contributed by atoms with Crippen LogP contribution in [-0.4, -0.2) is 26.0 Å². The van der Waals surface area contributed by atoms with Crippen molar-refractivity contribution in [2.75, 3.05) is 6.54 Å². The van der Waals surface area contributed by atoms with Crippen molar-refractivity contribution in [1.82, 2.24) is 19.3 Å². The first-order chi connectivity index (χ1) is 15.3. The van der Waals surface area contributed by atoms with E-state index in [1.165, 1.54) is 6.07 Å². The molecule has 4 aromatic rings. The fourth-order valence-corrected chi connectivity index (χ4v) is 5.34. The molecule has 7 heteroatoms. The molecule has 32 heavy (non-hydrogen) atoms. The molecule has 1 aliphatic carbocycles. The molecule has 1 aromatic carbocycles. The van der Waals surface area contributed by atoms with Crippen molar-refractivity contribution in [2.24, 2.45) is 0 Å². The Kier molecular flexibility index (Phi) is 4.05. The summed E-state index contributed by atoms with van der Waals surface area (Å²) in [5, 5.41) is 4.17. The number of aromatic nitrogens is 3. The van der Waals surface area contributed by atoms with Gasteiger partial charge in [-0.25, -0.2) is 4.39 Å². The van der Waals surface area contributed by atoms with Crippen LogP contribution in [-0.2, 0) is 0 Å². The monoisotopic (exact) mass is 432 g/mol. The molecule has 1 aliphatic heterocycles. The molecule has 6 rings (SSSR count). The van der Waals surface area contributed by atoms with E-state index in [2.05, 4.69) is 10.3 Å². The lowest BCUT2D eigenvalue weighted by Crippen LogP contribution is -2.42. The second kappa shape index (κ2) is 6.65. The van der Waals surface area contributed by atoms with Crippen molar-refractivity contribution in [3.63, 3.8) is 0 Å². The number of nitrogens with zero attached hydrogens (tertiary/aromatic N) is 2. The van der Waals surface area contributed by atoms with E-state index < -0.39 is 5.82 Å². The average molecular weight is 432 g/mol. The number of halogens is 1. The van der Waals surface area contributed by atoms with Crippen LogP contribution in [0.5, 0.6) is 0 Å². The molecule has 1 saturated heterocycles. The molecule has 1 saturated carbocycles. The molecule has 4 heterocycles. The number of benzene rings is 1. The van der Waals surface area contributed by atoms with E-state index in [1.54, 1.807) is 36.0 Å². The molecule has 2 aliphatic rings. The lowest BCUT2D eigenvalue weighted by atomic mass is 9.96. The molecule has 1 unspecified atom stereocenters. The SMILES string of the molecule is Cc1cn2cc(-c3cc(F)c4c(=O)n(C5CCNC6(CC6)C5)ccc4c3)c(=O)c(C)c2[nH]1. The average Bonchev–Trinajstić information content (AvgIpc) is 3.39. The first-order valence-corrected chi connectivity index (χ1v) is 11.2. The van der Waals surface area contributed by atoms with Gasteiger partial charge in [0.25, 0.3) is 5.56 Å². The molecule has 3 aromatic heterocycles. The Morgan fingerprint density at radius 3 is 2.75 bits per heavy atom. The van der Waals surface area contributed by atoms with Gasteiger partial charge in [0.15, 0.2) is 5.43 Å². The van der Waals surface area contributed by atoms with Gasteiger partial charge in [-0.3, -0.25) is 9.59 Å². The van der Waals surface area contributed by atoms with E-state index in [0.717, 1.165) is 43.6 Å². The molecule has 0 bridgehead atoms. The predicted octanol–water partition coefficient (Wildman–Crippen LogP) is 3.82. The minimum Gasteiger partial charge on any atom is -0.343 e. The van der Waals surface area contributed by atoms with Gasteiger partial charge in [-0.2, -0.15) is 0 Å². The van der Waals surface area contributed by atoms with E-state index in [1.807, 2.05) is 17.5 Å². The van der Waals surface area contributed by atoms with E-state index >= 15 is 4.39 Å². The summed E-state index contributed by atoms with van der Waals surface area (Å²) in [6.07, 6.45) is 9.46. The Hall–Kier alpha value is -3.19. The van der Waals surface area contributed by atoms with Gasteiger partial charge >= 0.3 is 0 Å². The van der Waals surface area contributed by atoms with E-state index in [4.69, 9.17) is 0 Å². The number of aromatic amines is 1. The summed E-state index contributed by atoms with van der Waals surface area (Å²) < 4.78 is 18.9. The molecule has 2 fully saturated rings. The normalized spacial score (nSPS) is 19.8. The lowest BCUT2D eigenvalue weighted by Gasteiger charge is -2.31. The van der Waals surface area contributed by atoms with Gasteiger partial charge < -0.3 is 19.3 Å². The largest absolute Gasteiger partial charge is 0.343 e. The smallest absolute Gasteiger partial charge is 0.261 e.